The van der Waals surface area contributed by atoms with Crippen LogP contribution < -0.4 is 0 Å². The zero-order valence-corrected chi connectivity index (χ0v) is 11.0. The van der Waals surface area contributed by atoms with E-state index in [0.717, 1.165) is 23.8 Å². The van der Waals surface area contributed by atoms with Crippen molar-refractivity contribution in [2.24, 2.45) is 11.8 Å². The number of benzene rings is 1. The van der Waals surface area contributed by atoms with Crippen molar-refractivity contribution in [1.29, 1.82) is 0 Å². The fourth-order valence-electron chi connectivity index (χ4n) is 2.91. The summed E-state index contributed by atoms with van der Waals surface area (Å²) in [6.45, 7) is 0.279. The quantitative estimate of drug-likeness (QED) is 0.838. The SMILES string of the molecule is OCC(Cc1ccccc1Cl)CC1CCCC1. The van der Waals surface area contributed by atoms with E-state index in [1.807, 2.05) is 18.2 Å². The maximum atomic E-state index is 9.50. The van der Waals surface area contributed by atoms with Gasteiger partial charge < -0.3 is 5.11 Å². The first-order chi connectivity index (χ1) is 8.29. The first-order valence-electron chi connectivity index (χ1n) is 6.64. The normalized spacial score (nSPS) is 18.5. The lowest BCUT2D eigenvalue weighted by atomic mass is 9.89. The van der Waals surface area contributed by atoms with Crippen LogP contribution >= 0.6 is 11.6 Å². The molecule has 17 heavy (non-hydrogen) atoms. The molecule has 0 heterocycles. The van der Waals surface area contributed by atoms with Crippen molar-refractivity contribution in [2.75, 3.05) is 6.61 Å². The van der Waals surface area contributed by atoms with Gasteiger partial charge in [-0.25, -0.2) is 0 Å². The van der Waals surface area contributed by atoms with E-state index in [2.05, 4.69) is 6.07 Å². The van der Waals surface area contributed by atoms with E-state index in [1.54, 1.807) is 0 Å². The van der Waals surface area contributed by atoms with Gasteiger partial charge in [0.2, 0.25) is 0 Å². The summed E-state index contributed by atoms with van der Waals surface area (Å²) in [6, 6.07) is 7.97. The highest BCUT2D eigenvalue weighted by Gasteiger charge is 2.20. The van der Waals surface area contributed by atoms with Gasteiger partial charge in [0.15, 0.2) is 0 Å². The minimum Gasteiger partial charge on any atom is -0.396 e. The Bertz CT molecular complexity index is 345. The number of hydrogen-bond acceptors (Lipinski definition) is 1. The second kappa shape index (κ2) is 6.42. The monoisotopic (exact) mass is 252 g/mol. The van der Waals surface area contributed by atoms with Gasteiger partial charge in [0.1, 0.15) is 0 Å². The summed E-state index contributed by atoms with van der Waals surface area (Å²) in [7, 11) is 0. The molecule has 1 nitrogen and oxygen atoms in total. The van der Waals surface area contributed by atoms with Crippen LogP contribution in [0, 0.1) is 11.8 Å². The van der Waals surface area contributed by atoms with Crippen molar-refractivity contribution in [3.05, 3.63) is 34.9 Å². The Labute approximate surface area is 109 Å². The van der Waals surface area contributed by atoms with Gasteiger partial charge >= 0.3 is 0 Å². The van der Waals surface area contributed by atoms with E-state index in [1.165, 1.54) is 31.2 Å². The highest BCUT2D eigenvalue weighted by Crippen LogP contribution is 2.32. The van der Waals surface area contributed by atoms with Gasteiger partial charge in [-0.05, 0) is 36.3 Å². The predicted molar refractivity (Wildman–Crippen MR) is 72.3 cm³/mol. The van der Waals surface area contributed by atoms with Crippen molar-refractivity contribution < 1.29 is 5.11 Å². The molecule has 0 amide bonds. The second-order valence-corrected chi connectivity index (χ2v) is 5.64. The summed E-state index contributed by atoms with van der Waals surface area (Å²) in [5.41, 5.74) is 1.17. The van der Waals surface area contributed by atoms with Crippen molar-refractivity contribution >= 4 is 11.6 Å². The molecule has 1 aromatic carbocycles. The van der Waals surface area contributed by atoms with Crippen LogP contribution in [0.4, 0.5) is 0 Å². The molecular weight excluding hydrogens is 232 g/mol. The van der Waals surface area contributed by atoms with Crippen LogP contribution in [0.25, 0.3) is 0 Å². The molecule has 1 aromatic rings. The van der Waals surface area contributed by atoms with Crippen molar-refractivity contribution in [2.45, 2.75) is 38.5 Å². The molecule has 2 heteroatoms. The lowest BCUT2D eigenvalue weighted by Crippen LogP contribution is -2.14. The minimum absolute atomic E-state index is 0.279. The van der Waals surface area contributed by atoms with Gasteiger partial charge in [-0.3, -0.25) is 0 Å². The van der Waals surface area contributed by atoms with Gasteiger partial charge in [-0.2, -0.15) is 0 Å². The maximum absolute atomic E-state index is 9.50. The lowest BCUT2D eigenvalue weighted by Gasteiger charge is -2.19. The molecule has 1 atom stereocenters. The van der Waals surface area contributed by atoms with E-state index in [-0.39, 0.29) is 6.61 Å². The largest absolute Gasteiger partial charge is 0.396 e. The third-order valence-corrected chi connectivity index (χ3v) is 4.23. The van der Waals surface area contributed by atoms with Crippen LogP contribution in [0.15, 0.2) is 24.3 Å². The maximum Gasteiger partial charge on any atom is 0.0462 e. The summed E-state index contributed by atoms with van der Waals surface area (Å²) < 4.78 is 0. The Hall–Kier alpha value is -0.530. The summed E-state index contributed by atoms with van der Waals surface area (Å²) in [5.74, 6) is 1.20. The van der Waals surface area contributed by atoms with Crippen molar-refractivity contribution in [1.82, 2.24) is 0 Å². The zero-order chi connectivity index (χ0) is 12.1. The highest BCUT2D eigenvalue weighted by atomic mass is 35.5. The van der Waals surface area contributed by atoms with Gasteiger partial charge in [-0.1, -0.05) is 55.5 Å². The average Bonchev–Trinajstić information content (AvgIpc) is 2.84. The standard InChI is InChI=1S/C15H21ClO/c16-15-8-4-3-7-14(15)10-13(11-17)9-12-5-1-2-6-12/h3-4,7-8,12-13,17H,1-2,5-6,9-11H2. The summed E-state index contributed by atoms with van der Waals surface area (Å²) in [6.07, 6.45) is 7.50. The number of aliphatic hydroxyl groups excluding tert-OH is 1. The molecule has 94 valence electrons. The van der Waals surface area contributed by atoms with Crippen LogP contribution in [0.3, 0.4) is 0 Å². The molecule has 1 N–H and O–H groups in total. The Kier molecular flexibility index (Phi) is 4.87. The first-order valence-corrected chi connectivity index (χ1v) is 7.01. The van der Waals surface area contributed by atoms with E-state index in [9.17, 15) is 5.11 Å². The molecule has 0 bridgehead atoms. The number of halogens is 1. The molecule has 0 saturated heterocycles. The first kappa shape index (κ1) is 12.9. The molecular formula is C15H21ClO. The predicted octanol–water partition coefficient (Wildman–Crippen LogP) is 4.07. The topological polar surface area (TPSA) is 20.2 Å². The number of aliphatic hydroxyl groups is 1. The summed E-state index contributed by atoms with van der Waals surface area (Å²) >= 11 is 6.16. The fraction of sp³-hybridized carbons (Fsp3) is 0.600. The molecule has 1 saturated carbocycles. The van der Waals surface area contributed by atoms with Crippen molar-refractivity contribution in [3.63, 3.8) is 0 Å². The number of hydrogen-bond donors (Lipinski definition) is 1. The van der Waals surface area contributed by atoms with Crippen LogP contribution in [-0.2, 0) is 6.42 Å². The Morgan fingerprint density at radius 2 is 1.94 bits per heavy atom. The van der Waals surface area contributed by atoms with Gasteiger partial charge in [0.05, 0.1) is 0 Å². The minimum atomic E-state index is 0.279. The fourth-order valence-corrected chi connectivity index (χ4v) is 3.13. The van der Waals surface area contributed by atoms with E-state index in [4.69, 9.17) is 11.6 Å². The third kappa shape index (κ3) is 3.72. The molecule has 1 aliphatic carbocycles. The van der Waals surface area contributed by atoms with E-state index >= 15 is 0 Å². The highest BCUT2D eigenvalue weighted by molar-refractivity contribution is 6.31. The molecule has 1 aliphatic rings. The molecule has 0 aliphatic heterocycles. The van der Waals surface area contributed by atoms with E-state index < -0.39 is 0 Å². The molecule has 2 rings (SSSR count). The lowest BCUT2D eigenvalue weighted by molar-refractivity contribution is 0.200. The molecule has 1 fully saturated rings. The van der Waals surface area contributed by atoms with Gasteiger partial charge in [0, 0.05) is 11.6 Å². The van der Waals surface area contributed by atoms with Gasteiger partial charge in [-0.15, -0.1) is 0 Å². The Balaban J connectivity index is 1.92. The van der Waals surface area contributed by atoms with Crippen LogP contribution in [0.5, 0.6) is 0 Å². The summed E-state index contributed by atoms with van der Waals surface area (Å²) in [5, 5.41) is 10.3. The van der Waals surface area contributed by atoms with Crippen molar-refractivity contribution in [3.8, 4) is 0 Å². The van der Waals surface area contributed by atoms with E-state index in [0.29, 0.717) is 5.92 Å². The second-order valence-electron chi connectivity index (χ2n) is 5.23. The molecule has 0 aromatic heterocycles. The van der Waals surface area contributed by atoms with Crippen LogP contribution in [-0.4, -0.2) is 11.7 Å². The molecule has 0 radical (unpaired) electrons. The third-order valence-electron chi connectivity index (χ3n) is 3.87. The Morgan fingerprint density at radius 3 is 2.59 bits per heavy atom. The summed E-state index contributed by atoms with van der Waals surface area (Å²) in [4.78, 5) is 0. The number of rotatable bonds is 5. The average molecular weight is 253 g/mol. The van der Waals surface area contributed by atoms with Crippen LogP contribution in [0.2, 0.25) is 5.02 Å². The van der Waals surface area contributed by atoms with Gasteiger partial charge in [0.25, 0.3) is 0 Å². The Morgan fingerprint density at radius 1 is 1.24 bits per heavy atom. The smallest absolute Gasteiger partial charge is 0.0462 e. The van der Waals surface area contributed by atoms with Crippen LogP contribution in [0.1, 0.15) is 37.7 Å². The molecule has 0 spiro atoms. The molecule has 1 unspecified atom stereocenters. The zero-order valence-electron chi connectivity index (χ0n) is 10.2.